The Hall–Kier alpha value is -1.22. The summed E-state index contributed by atoms with van der Waals surface area (Å²) in [6.45, 7) is 0.604. The van der Waals surface area contributed by atoms with Gasteiger partial charge in [-0.15, -0.1) is 0 Å². The molecule has 1 saturated carbocycles. The highest BCUT2D eigenvalue weighted by Gasteiger charge is 2.18. The van der Waals surface area contributed by atoms with Crippen LogP contribution in [-0.2, 0) is 16.1 Å². The highest BCUT2D eigenvalue weighted by atomic mass is 16.5. The van der Waals surface area contributed by atoms with E-state index in [-0.39, 0.29) is 6.10 Å². The molecule has 0 aliphatic heterocycles. The second kappa shape index (κ2) is 5.03. The number of hydrogen-bond acceptors (Lipinski definition) is 3. The summed E-state index contributed by atoms with van der Waals surface area (Å²) in [4.78, 5) is 15.0. The van der Waals surface area contributed by atoms with Crippen molar-refractivity contribution in [1.82, 2.24) is 4.98 Å². The van der Waals surface area contributed by atoms with E-state index in [1.807, 2.05) is 18.3 Å². The Labute approximate surface area is 89.5 Å². The van der Waals surface area contributed by atoms with E-state index in [2.05, 4.69) is 4.98 Å². The molecule has 1 heterocycles. The summed E-state index contributed by atoms with van der Waals surface area (Å²) in [5, 5.41) is 0. The van der Waals surface area contributed by atoms with Crippen LogP contribution in [0.4, 0.5) is 0 Å². The molecule has 1 aliphatic rings. The summed E-state index contributed by atoms with van der Waals surface area (Å²) >= 11 is 0. The Bertz CT molecular complexity index is 314. The van der Waals surface area contributed by atoms with Gasteiger partial charge in [-0.05, 0) is 24.5 Å². The Balaban J connectivity index is 1.77. The van der Waals surface area contributed by atoms with Gasteiger partial charge in [-0.3, -0.25) is 9.78 Å². The number of Topliss-reactive ketones (excluding diaryl/α,β-unsaturated/α-hetero) is 1. The standard InChI is InChI=1S/C12H15NO2/c14-11-3-5-12(6-4-11)15-9-10-2-1-7-13-8-10/h1-2,7-8,12H,3-6,9H2. The van der Waals surface area contributed by atoms with Gasteiger partial charge in [0.1, 0.15) is 5.78 Å². The van der Waals surface area contributed by atoms with Crippen molar-refractivity contribution in [2.75, 3.05) is 0 Å². The minimum absolute atomic E-state index is 0.253. The lowest BCUT2D eigenvalue weighted by atomic mass is 9.96. The van der Waals surface area contributed by atoms with Gasteiger partial charge in [-0.2, -0.15) is 0 Å². The van der Waals surface area contributed by atoms with Gasteiger partial charge in [0, 0.05) is 25.2 Å². The number of nitrogens with zero attached hydrogens (tertiary/aromatic N) is 1. The molecule has 0 saturated heterocycles. The maximum atomic E-state index is 11.0. The van der Waals surface area contributed by atoms with Crippen LogP contribution in [-0.4, -0.2) is 16.9 Å². The number of carbonyl (C=O) groups excluding carboxylic acids is 1. The molecule has 2 rings (SSSR count). The minimum atomic E-state index is 0.253. The van der Waals surface area contributed by atoms with Gasteiger partial charge in [0.05, 0.1) is 12.7 Å². The Morgan fingerprint density at radius 1 is 1.40 bits per heavy atom. The first-order valence-electron chi connectivity index (χ1n) is 5.37. The number of ether oxygens (including phenoxy) is 1. The van der Waals surface area contributed by atoms with E-state index in [4.69, 9.17) is 4.74 Å². The Morgan fingerprint density at radius 2 is 2.20 bits per heavy atom. The number of ketones is 1. The summed E-state index contributed by atoms with van der Waals surface area (Å²) in [6, 6.07) is 3.91. The first-order valence-corrected chi connectivity index (χ1v) is 5.37. The highest BCUT2D eigenvalue weighted by Crippen LogP contribution is 2.18. The lowest BCUT2D eigenvalue weighted by Gasteiger charge is -2.21. The van der Waals surface area contributed by atoms with Crippen molar-refractivity contribution in [2.24, 2.45) is 0 Å². The third kappa shape index (κ3) is 3.13. The molecule has 1 aliphatic carbocycles. The zero-order valence-corrected chi connectivity index (χ0v) is 8.69. The zero-order chi connectivity index (χ0) is 10.5. The third-order valence-corrected chi connectivity index (χ3v) is 2.70. The number of pyridine rings is 1. The van der Waals surface area contributed by atoms with E-state index in [0.717, 1.165) is 18.4 Å². The Kier molecular flexibility index (Phi) is 3.45. The SMILES string of the molecule is O=C1CCC(OCc2cccnc2)CC1. The van der Waals surface area contributed by atoms with Crippen LogP contribution in [0, 0.1) is 0 Å². The molecule has 15 heavy (non-hydrogen) atoms. The molecule has 0 spiro atoms. The maximum Gasteiger partial charge on any atom is 0.133 e. The first-order chi connectivity index (χ1) is 7.34. The first kappa shape index (κ1) is 10.3. The van der Waals surface area contributed by atoms with Gasteiger partial charge in [0.2, 0.25) is 0 Å². The molecule has 1 fully saturated rings. The van der Waals surface area contributed by atoms with E-state index < -0.39 is 0 Å². The van der Waals surface area contributed by atoms with Crippen molar-refractivity contribution in [2.45, 2.75) is 38.4 Å². The molecule has 3 nitrogen and oxygen atoms in total. The van der Waals surface area contributed by atoms with Crippen molar-refractivity contribution < 1.29 is 9.53 Å². The molecule has 0 radical (unpaired) electrons. The summed E-state index contributed by atoms with van der Waals surface area (Å²) < 4.78 is 5.73. The topological polar surface area (TPSA) is 39.2 Å². The molecule has 80 valence electrons. The highest BCUT2D eigenvalue weighted by molar-refractivity contribution is 5.79. The minimum Gasteiger partial charge on any atom is -0.373 e. The molecule has 1 aromatic heterocycles. The fraction of sp³-hybridized carbons (Fsp3) is 0.500. The number of aromatic nitrogens is 1. The predicted molar refractivity (Wildman–Crippen MR) is 56.3 cm³/mol. The van der Waals surface area contributed by atoms with Gasteiger partial charge in [0.25, 0.3) is 0 Å². The van der Waals surface area contributed by atoms with Crippen LogP contribution in [0.25, 0.3) is 0 Å². The van der Waals surface area contributed by atoms with Gasteiger partial charge in [-0.1, -0.05) is 6.07 Å². The lowest BCUT2D eigenvalue weighted by Crippen LogP contribution is -2.21. The maximum absolute atomic E-state index is 11.0. The predicted octanol–water partition coefficient (Wildman–Crippen LogP) is 2.11. The van der Waals surface area contributed by atoms with Crippen molar-refractivity contribution >= 4 is 5.78 Å². The van der Waals surface area contributed by atoms with Gasteiger partial charge in [-0.25, -0.2) is 0 Å². The molecular formula is C12H15NO2. The number of hydrogen-bond donors (Lipinski definition) is 0. The second-order valence-electron chi connectivity index (χ2n) is 3.91. The lowest BCUT2D eigenvalue weighted by molar-refractivity contribution is -0.123. The van der Waals surface area contributed by atoms with Crippen molar-refractivity contribution in [3.05, 3.63) is 30.1 Å². The number of carbonyl (C=O) groups is 1. The van der Waals surface area contributed by atoms with E-state index in [1.165, 1.54) is 0 Å². The summed E-state index contributed by atoms with van der Waals surface area (Å²) in [7, 11) is 0. The average Bonchev–Trinajstić information content (AvgIpc) is 2.30. The van der Waals surface area contributed by atoms with Crippen LogP contribution in [0.1, 0.15) is 31.2 Å². The molecule has 0 aromatic carbocycles. The molecule has 0 N–H and O–H groups in total. The molecule has 1 aromatic rings. The van der Waals surface area contributed by atoms with Crippen LogP contribution in [0.2, 0.25) is 0 Å². The van der Waals surface area contributed by atoms with Crippen LogP contribution in [0.15, 0.2) is 24.5 Å². The quantitative estimate of drug-likeness (QED) is 0.758. The van der Waals surface area contributed by atoms with Crippen molar-refractivity contribution in [3.8, 4) is 0 Å². The average molecular weight is 205 g/mol. The van der Waals surface area contributed by atoms with E-state index >= 15 is 0 Å². The summed E-state index contributed by atoms with van der Waals surface area (Å²) in [5.74, 6) is 0.372. The zero-order valence-electron chi connectivity index (χ0n) is 8.69. The summed E-state index contributed by atoms with van der Waals surface area (Å²) in [6.07, 6.45) is 6.92. The molecular weight excluding hydrogens is 190 g/mol. The largest absolute Gasteiger partial charge is 0.373 e. The molecule has 0 unspecified atom stereocenters. The van der Waals surface area contributed by atoms with E-state index in [9.17, 15) is 4.79 Å². The van der Waals surface area contributed by atoms with Gasteiger partial charge >= 0.3 is 0 Å². The third-order valence-electron chi connectivity index (χ3n) is 2.70. The molecule has 0 bridgehead atoms. The fourth-order valence-electron chi connectivity index (χ4n) is 1.78. The normalized spacial score (nSPS) is 18.0. The van der Waals surface area contributed by atoms with Crippen LogP contribution in [0.5, 0.6) is 0 Å². The van der Waals surface area contributed by atoms with E-state index in [0.29, 0.717) is 25.2 Å². The molecule has 0 amide bonds. The van der Waals surface area contributed by atoms with E-state index in [1.54, 1.807) is 6.20 Å². The summed E-state index contributed by atoms with van der Waals surface area (Å²) in [5.41, 5.74) is 1.09. The Morgan fingerprint density at radius 3 is 2.87 bits per heavy atom. The second-order valence-corrected chi connectivity index (χ2v) is 3.91. The van der Waals surface area contributed by atoms with Crippen LogP contribution in [0.3, 0.4) is 0 Å². The number of rotatable bonds is 3. The molecule has 0 atom stereocenters. The molecule has 3 heteroatoms. The van der Waals surface area contributed by atoms with Gasteiger partial charge in [0.15, 0.2) is 0 Å². The van der Waals surface area contributed by atoms with Gasteiger partial charge < -0.3 is 4.74 Å². The smallest absolute Gasteiger partial charge is 0.133 e. The van der Waals surface area contributed by atoms with Crippen LogP contribution >= 0.6 is 0 Å². The van der Waals surface area contributed by atoms with Crippen molar-refractivity contribution in [3.63, 3.8) is 0 Å². The van der Waals surface area contributed by atoms with Crippen molar-refractivity contribution in [1.29, 1.82) is 0 Å². The fourth-order valence-corrected chi connectivity index (χ4v) is 1.78. The monoisotopic (exact) mass is 205 g/mol. The van der Waals surface area contributed by atoms with Crippen LogP contribution < -0.4 is 0 Å².